The number of aryl methyl sites for hydroxylation is 2. The maximum Gasteiger partial charge on any atom is 0.264 e. The summed E-state index contributed by atoms with van der Waals surface area (Å²) in [6.07, 6.45) is 1.57. The fraction of sp³-hybridized carbons (Fsp3) is 0.296. The Labute approximate surface area is 234 Å². The largest absolute Gasteiger partial charge is 0.495 e. The summed E-state index contributed by atoms with van der Waals surface area (Å²) in [7, 11) is -6.54. The molecule has 0 spiro atoms. The Morgan fingerprint density at radius 2 is 1.59 bits per heavy atom. The minimum Gasteiger partial charge on any atom is -0.495 e. The molecule has 0 unspecified atom stereocenters. The van der Waals surface area contributed by atoms with Gasteiger partial charge in [0.25, 0.3) is 10.0 Å². The molecule has 1 amide bonds. The molecule has 1 fully saturated rings. The molecule has 0 aliphatic carbocycles. The summed E-state index contributed by atoms with van der Waals surface area (Å²) in [5.74, 6) is -0.463. The van der Waals surface area contributed by atoms with E-state index in [1.807, 2.05) is 6.92 Å². The third-order valence-electron chi connectivity index (χ3n) is 6.48. The number of methoxy groups -OCH3 is 1. The van der Waals surface area contributed by atoms with E-state index in [2.05, 4.69) is 5.32 Å². The molecular formula is C27H30ClN3O6S2. The zero-order valence-corrected chi connectivity index (χ0v) is 24.2. The first-order valence-electron chi connectivity index (χ1n) is 12.3. The molecule has 1 saturated heterocycles. The van der Waals surface area contributed by atoms with Crippen LogP contribution in [0.1, 0.15) is 24.0 Å². The third-order valence-corrected chi connectivity index (χ3v) is 10.4. The topological polar surface area (TPSA) is 113 Å². The summed E-state index contributed by atoms with van der Waals surface area (Å²) in [5, 5.41) is 2.95. The van der Waals surface area contributed by atoms with Crippen LogP contribution in [0.15, 0.2) is 70.5 Å². The Morgan fingerprint density at radius 1 is 0.949 bits per heavy atom. The summed E-state index contributed by atoms with van der Waals surface area (Å²) in [5.41, 5.74) is 1.83. The molecule has 0 bridgehead atoms. The second kappa shape index (κ2) is 11.5. The van der Waals surface area contributed by atoms with Gasteiger partial charge < -0.3 is 10.1 Å². The van der Waals surface area contributed by atoms with Gasteiger partial charge >= 0.3 is 0 Å². The Balaban J connectivity index is 1.69. The zero-order chi connectivity index (χ0) is 28.4. The van der Waals surface area contributed by atoms with Crippen molar-refractivity contribution in [3.05, 3.63) is 76.8 Å². The molecular weight excluding hydrogens is 562 g/mol. The highest BCUT2D eigenvalue weighted by Gasteiger charge is 2.30. The van der Waals surface area contributed by atoms with Crippen molar-refractivity contribution in [2.24, 2.45) is 0 Å². The monoisotopic (exact) mass is 591 g/mol. The van der Waals surface area contributed by atoms with E-state index in [1.165, 1.54) is 47.8 Å². The predicted molar refractivity (Wildman–Crippen MR) is 152 cm³/mol. The van der Waals surface area contributed by atoms with E-state index in [1.54, 1.807) is 31.2 Å². The number of carbonyl (C=O) groups is 1. The van der Waals surface area contributed by atoms with Gasteiger partial charge in [-0.05, 0) is 74.7 Å². The first-order chi connectivity index (χ1) is 18.4. The molecule has 1 N–H and O–H groups in total. The molecule has 3 aromatic rings. The van der Waals surface area contributed by atoms with Gasteiger partial charge in [-0.15, -0.1) is 0 Å². The number of amides is 1. The number of carbonyl (C=O) groups excluding carboxylic acids is 1. The molecule has 39 heavy (non-hydrogen) atoms. The van der Waals surface area contributed by atoms with Gasteiger partial charge in [-0.25, -0.2) is 16.8 Å². The lowest BCUT2D eigenvalue weighted by Crippen LogP contribution is -2.38. The molecule has 208 valence electrons. The molecule has 0 aromatic heterocycles. The van der Waals surface area contributed by atoms with Crippen LogP contribution in [-0.4, -0.2) is 53.8 Å². The van der Waals surface area contributed by atoms with Crippen LogP contribution >= 0.6 is 11.6 Å². The summed E-state index contributed by atoms with van der Waals surface area (Å²) in [6.45, 7) is 3.83. The summed E-state index contributed by atoms with van der Waals surface area (Å²) in [4.78, 5) is 13.4. The van der Waals surface area contributed by atoms with Crippen LogP contribution < -0.4 is 14.4 Å². The number of nitrogens with one attached hydrogen (secondary N) is 1. The quantitative estimate of drug-likeness (QED) is 0.390. The van der Waals surface area contributed by atoms with E-state index in [9.17, 15) is 21.6 Å². The van der Waals surface area contributed by atoms with Crippen molar-refractivity contribution in [2.75, 3.05) is 36.4 Å². The lowest BCUT2D eigenvalue weighted by molar-refractivity contribution is -0.114. The minimum atomic E-state index is -4.18. The van der Waals surface area contributed by atoms with E-state index < -0.39 is 32.5 Å². The number of nitrogens with zero attached hydrogens (tertiary/aromatic N) is 2. The van der Waals surface area contributed by atoms with Crippen LogP contribution in [-0.2, 0) is 24.8 Å². The Bertz CT molecular complexity index is 1590. The number of hydrogen-bond acceptors (Lipinski definition) is 6. The smallest absolute Gasteiger partial charge is 0.264 e. The van der Waals surface area contributed by atoms with Gasteiger partial charge in [0, 0.05) is 18.1 Å². The van der Waals surface area contributed by atoms with Gasteiger partial charge in [0.15, 0.2) is 0 Å². The maximum absolute atomic E-state index is 13.7. The molecule has 1 aliphatic heterocycles. The SMILES string of the molecule is COc1ccc(S(=O)(=O)N2CCCC2)cc1NC(=O)CN(c1cc(Cl)ccc1C)S(=O)(=O)c1ccc(C)cc1. The Kier molecular flexibility index (Phi) is 8.55. The van der Waals surface area contributed by atoms with E-state index in [-0.39, 0.29) is 26.9 Å². The number of rotatable bonds is 9. The van der Waals surface area contributed by atoms with Gasteiger partial charge in [-0.3, -0.25) is 9.10 Å². The molecule has 3 aromatic carbocycles. The summed E-state index contributed by atoms with van der Waals surface area (Å²) in [6, 6.07) is 15.3. The van der Waals surface area contributed by atoms with Crippen LogP contribution in [0.3, 0.4) is 0 Å². The Hall–Kier alpha value is -3.12. The van der Waals surface area contributed by atoms with E-state index >= 15 is 0 Å². The van der Waals surface area contributed by atoms with Crippen molar-refractivity contribution < 1.29 is 26.4 Å². The number of hydrogen-bond donors (Lipinski definition) is 1. The summed E-state index contributed by atoms with van der Waals surface area (Å²) >= 11 is 6.20. The highest BCUT2D eigenvalue weighted by Crippen LogP contribution is 2.32. The van der Waals surface area contributed by atoms with Crippen molar-refractivity contribution in [3.8, 4) is 5.75 Å². The van der Waals surface area contributed by atoms with Crippen molar-refractivity contribution in [3.63, 3.8) is 0 Å². The van der Waals surface area contributed by atoms with Crippen LogP contribution in [0, 0.1) is 13.8 Å². The van der Waals surface area contributed by atoms with Crippen molar-refractivity contribution in [2.45, 2.75) is 36.5 Å². The fourth-order valence-electron chi connectivity index (χ4n) is 4.33. The highest BCUT2D eigenvalue weighted by atomic mass is 35.5. The van der Waals surface area contributed by atoms with E-state index in [4.69, 9.17) is 16.3 Å². The highest BCUT2D eigenvalue weighted by molar-refractivity contribution is 7.92. The molecule has 12 heteroatoms. The van der Waals surface area contributed by atoms with Crippen LogP contribution in [0.25, 0.3) is 0 Å². The minimum absolute atomic E-state index is 0.00955. The van der Waals surface area contributed by atoms with Crippen molar-refractivity contribution >= 4 is 48.9 Å². The third kappa shape index (κ3) is 6.22. The van der Waals surface area contributed by atoms with Gasteiger partial charge in [-0.1, -0.05) is 35.4 Å². The average molecular weight is 592 g/mol. The predicted octanol–water partition coefficient (Wildman–Crippen LogP) is 4.58. The first kappa shape index (κ1) is 28.9. The molecule has 0 atom stereocenters. The molecule has 9 nitrogen and oxygen atoms in total. The molecule has 1 heterocycles. The van der Waals surface area contributed by atoms with Gasteiger partial charge in [0.1, 0.15) is 12.3 Å². The molecule has 1 aliphatic rings. The number of ether oxygens (including phenoxy) is 1. The first-order valence-corrected chi connectivity index (χ1v) is 15.5. The van der Waals surface area contributed by atoms with Crippen LogP contribution in [0.4, 0.5) is 11.4 Å². The normalized spacial score (nSPS) is 14.3. The molecule has 0 radical (unpaired) electrons. The molecule has 0 saturated carbocycles. The lowest BCUT2D eigenvalue weighted by Gasteiger charge is -2.26. The van der Waals surface area contributed by atoms with Gasteiger partial charge in [0.05, 0.1) is 28.3 Å². The van der Waals surface area contributed by atoms with Crippen molar-refractivity contribution in [1.82, 2.24) is 4.31 Å². The number of sulfonamides is 2. The van der Waals surface area contributed by atoms with Gasteiger partial charge in [0.2, 0.25) is 15.9 Å². The zero-order valence-electron chi connectivity index (χ0n) is 21.8. The number of anilines is 2. The fourth-order valence-corrected chi connectivity index (χ4v) is 7.52. The second-order valence-corrected chi connectivity index (χ2v) is 13.5. The maximum atomic E-state index is 13.7. The van der Waals surface area contributed by atoms with E-state index in [0.29, 0.717) is 23.7 Å². The average Bonchev–Trinajstić information content (AvgIpc) is 3.45. The van der Waals surface area contributed by atoms with Crippen LogP contribution in [0.5, 0.6) is 5.75 Å². The van der Waals surface area contributed by atoms with E-state index in [0.717, 1.165) is 22.7 Å². The Morgan fingerprint density at radius 3 is 2.23 bits per heavy atom. The number of halogens is 1. The summed E-state index contributed by atoms with van der Waals surface area (Å²) < 4.78 is 61.4. The molecule has 4 rings (SSSR count). The lowest BCUT2D eigenvalue weighted by atomic mass is 10.2. The number of benzene rings is 3. The van der Waals surface area contributed by atoms with Crippen LogP contribution in [0.2, 0.25) is 5.02 Å². The van der Waals surface area contributed by atoms with Gasteiger partial charge in [-0.2, -0.15) is 4.31 Å². The second-order valence-electron chi connectivity index (χ2n) is 9.28. The standard InChI is InChI=1S/C27H30ClN3O6S2/c1-19-6-10-22(11-7-19)39(35,36)31(25-16-21(28)9-8-20(25)2)18-27(32)29-24-17-23(12-13-26(24)37-3)38(33,34)30-14-4-5-15-30/h6-13,16-17H,4-5,14-15,18H2,1-3H3,(H,29,32). The van der Waals surface area contributed by atoms with Crippen molar-refractivity contribution in [1.29, 1.82) is 0 Å².